The zero-order valence-corrected chi connectivity index (χ0v) is 14.1. The summed E-state index contributed by atoms with van der Waals surface area (Å²) in [5.74, 6) is 0. The summed E-state index contributed by atoms with van der Waals surface area (Å²) in [6.45, 7) is 9.42. The first kappa shape index (κ1) is 15.3. The summed E-state index contributed by atoms with van der Waals surface area (Å²) in [5, 5.41) is 1.53. The van der Waals surface area contributed by atoms with Gasteiger partial charge in [-0.15, -0.1) is 13.2 Å². The van der Waals surface area contributed by atoms with Crippen molar-refractivity contribution in [3.63, 3.8) is 0 Å². The van der Waals surface area contributed by atoms with Crippen molar-refractivity contribution < 1.29 is 13.2 Å². The molecule has 0 saturated carbocycles. The Morgan fingerprint density at radius 2 is 1.32 bits per heavy atom. The van der Waals surface area contributed by atoms with Gasteiger partial charge in [-0.2, -0.15) is 0 Å². The molecule has 0 saturated heterocycles. The van der Waals surface area contributed by atoms with E-state index in [-0.39, 0.29) is 0 Å². The maximum Gasteiger partial charge on any atom is 0.601 e. The van der Waals surface area contributed by atoms with Crippen LogP contribution < -0.4 is 0 Å². The van der Waals surface area contributed by atoms with Gasteiger partial charge in [-0.05, 0) is 63.4 Å². The molecule has 0 aliphatic rings. The lowest BCUT2D eigenvalue weighted by molar-refractivity contribution is -0.0862. The molecule has 3 rings (SSSR count). The Morgan fingerprint density at radius 1 is 0.727 bits per heavy atom. The molecular formula is C18H18F3S+. The zero-order chi connectivity index (χ0) is 16.4. The Labute approximate surface area is 130 Å². The molecule has 2 aromatic carbocycles. The van der Waals surface area contributed by atoms with Crippen molar-refractivity contribution in [2.45, 2.75) is 40.1 Å². The van der Waals surface area contributed by atoms with Gasteiger partial charge in [-0.25, -0.2) is 0 Å². The van der Waals surface area contributed by atoms with E-state index in [9.17, 15) is 13.2 Å². The van der Waals surface area contributed by atoms with E-state index in [1.807, 2.05) is 45.9 Å². The summed E-state index contributed by atoms with van der Waals surface area (Å²) in [6.07, 6.45) is 0. The molecule has 0 spiro atoms. The summed E-state index contributed by atoms with van der Waals surface area (Å²) in [7, 11) is -1.84. The number of hydrogen-bond donors (Lipinski definition) is 0. The van der Waals surface area contributed by atoms with Crippen LogP contribution >= 0.6 is 10.5 Å². The topological polar surface area (TPSA) is 0 Å². The molecule has 1 aromatic heterocycles. The predicted octanol–water partition coefficient (Wildman–Crippen LogP) is 6.76. The second kappa shape index (κ2) is 4.72. The molecule has 0 N–H and O–H groups in total. The third-order valence-corrected chi connectivity index (χ3v) is 6.80. The zero-order valence-electron chi connectivity index (χ0n) is 13.3. The Kier molecular flexibility index (Phi) is 3.29. The maximum atomic E-state index is 13.8. The van der Waals surface area contributed by atoms with E-state index in [0.717, 1.165) is 38.6 Å². The third kappa shape index (κ3) is 2.04. The fourth-order valence-corrected chi connectivity index (χ4v) is 5.57. The minimum absolute atomic E-state index is 0.459. The van der Waals surface area contributed by atoms with Gasteiger partial charge in [0.1, 0.15) is 10.5 Å². The number of hydrogen-bond acceptors (Lipinski definition) is 0. The number of aryl methyl sites for hydroxylation is 4. The Morgan fingerprint density at radius 3 is 1.91 bits per heavy atom. The molecule has 0 radical (unpaired) electrons. The first-order valence-electron chi connectivity index (χ1n) is 7.16. The van der Waals surface area contributed by atoms with Crippen LogP contribution in [0.1, 0.15) is 27.8 Å². The summed E-state index contributed by atoms with van der Waals surface area (Å²) < 4.78 is 42.4. The fourth-order valence-electron chi connectivity index (χ4n) is 3.28. The average Bonchev–Trinajstić information content (AvgIpc) is 2.71. The van der Waals surface area contributed by atoms with Crippen LogP contribution in [-0.4, -0.2) is 0 Å². The highest BCUT2D eigenvalue weighted by molar-refractivity contribution is 7.44. The minimum atomic E-state index is -4.24. The monoisotopic (exact) mass is 323 g/mol. The van der Waals surface area contributed by atoms with Gasteiger partial charge in [-0.3, -0.25) is 0 Å². The van der Waals surface area contributed by atoms with E-state index < -0.39 is 16.0 Å². The largest absolute Gasteiger partial charge is 0.601 e. The Hall–Kier alpha value is -1.55. The third-order valence-electron chi connectivity index (χ3n) is 4.45. The van der Waals surface area contributed by atoms with Crippen LogP contribution in [0.5, 0.6) is 0 Å². The minimum Gasteiger partial charge on any atom is -0.118 e. The van der Waals surface area contributed by atoms with Crippen LogP contribution in [0.3, 0.4) is 0 Å². The van der Waals surface area contributed by atoms with Crippen LogP contribution in [0.2, 0.25) is 0 Å². The molecule has 0 amide bonds. The van der Waals surface area contributed by atoms with Gasteiger partial charge in [0.05, 0.1) is 0 Å². The van der Waals surface area contributed by atoms with Crippen molar-refractivity contribution in [1.82, 2.24) is 0 Å². The van der Waals surface area contributed by atoms with Gasteiger partial charge in [0.25, 0.3) is 0 Å². The highest BCUT2D eigenvalue weighted by Gasteiger charge is 2.49. The van der Waals surface area contributed by atoms with Gasteiger partial charge in [0.2, 0.25) is 0 Å². The van der Waals surface area contributed by atoms with Gasteiger partial charge >= 0.3 is 5.51 Å². The molecule has 22 heavy (non-hydrogen) atoms. The number of rotatable bonds is 0. The molecule has 0 nitrogen and oxygen atoms in total. The predicted molar refractivity (Wildman–Crippen MR) is 88.9 cm³/mol. The molecule has 1 heterocycles. The summed E-state index contributed by atoms with van der Waals surface area (Å²) in [5.41, 5.74) is 0.291. The van der Waals surface area contributed by atoms with Crippen molar-refractivity contribution in [2.24, 2.45) is 0 Å². The van der Waals surface area contributed by atoms with Crippen LogP contribution in [-0.2, 0) is 5.51 Å². The smallest absolute Gasteiger partial charge is 0.118 e. The van der Waals surface area contributed by atoms with E-state index in [1.165, 1.54) is 0 Å². The molecule has 1 atom stereocenters. The Balaban J connectivity index is 2.72. The van der Waals surface area contributed by atoms with Gasteiger partial charge in [-0.1, -0.05) is 6.07 Å². The average molecular weight is 323 g/mol. The van der Waals surface area contributed by atoms with E-state index >= 15 is 0 Å². The van der Waals surface area contributed by atoms with Crippen molar-refractivity contribution >= 4 is 30.6 Å². The van der Waals surface area contributed by atoms with Gasteiger partial charge in [0, 0.05) is 21.9 Å². The van der Waals surface area contributed by atoms with Crippen molar-refractivity contribution in [3.8, 4) is 0 Å². The molecule has 0 bridgehead atoms. The lowest BCUT2D eigenvalue weighted by atomic mass is 9.99. The molecule has 0 aliphatic carbocycles. The van der Waals surface area contributed by atoms with Gasteiger partial charge in [0.15, 0.2) is 9.40 Å². The van der Waals surface area contributed by atoms with Crippen LogP contribution in [0.25, 0.3) is 20.2 Å². The summed E-state index contributed by atoms with van der Waals surface area (Å²) in [4.78, 5) is 0. The highest BCUT2D eigenvalue weighted by Crippen LogP contribution is 2.56. The second-order valence-electron chi connectivity index (χ2n) is 6.03. The first-order valence-corrected chi connectivity index (χ1v) is 8.39. The second-order valence-corrected chi connectivity index (χ2v) is 7.92. The normalized spacial score (nSPS) is 13.4. The first-order chi connectivity index (χ1) is 10.1. The van der Waals surface area contributed by atoms with Crippen molar-refractivity contribution in [3.05, 3.63) is 46.0 Å². The van der Waals surface area contributed by atoms with Crippen LogP contribution in [0, 0.1) is 34.6 Å². The van der Waals surface area contributed by atoms with E-state index in [2.05, 4.69) is 0 Å². The van der Waals surface area contributed by atoms with Crippen LogP contribution in [0.15, 0.2) is 18.2 Å². The summed E-state index contributed by atoms with van der Waals surface area (Å²) >= 11 is 0. The molecule has 116 valence electrons. The van der Waals surface area contributed by atoms with Crippen molar-refractivity contribution in [2.75, 3.05) is 0 Å². The SMILES string of the molecule is Cc1cc(C)c2c(c1)c1cc(C)c(C)c(C)c1[s+]2C(F)(F)F. The lowest BCUT2D eigenvalue weighted by Gasteiger charge is -2.05. The van der Waals surface area contributed by atoms with E-state index in [4.69, 9.17) is 0 Å². The number of benzene rings is 2. The Bertz CT molecular complexity index is 914. The van der Waals surface area contributed by atoms with E-state index in [0.29, 0.717) is 9.40 Å². The lowest BCUT2D eigenvalue weighted by Crippen LogP contribution is -1.97. The quantitative estimate of drug-likeness (QED) is 0.401. The number of alkyl halides is 3. The molecule has 0 fully saturated rings. The highest BCUT2D eigenvalue weighted by atomic mass is 32.2. The van der Waals surface area contributed by atoms with Crippen molar-refractivity contribution in [1.29, 1.82) is 0 Å². The molecule has 3 aromatic rings. The molecule has 0 aliphatic heterocycles. The number of thiophene rings is 1. The fraction of sp³-hybridized carbons (Fsp3) is 0.333. The molecule has 4 heteroatoms. The van der Waals surface area contributed by atoms with E-state index in [1.54, 1.807) is 6.92 Å². The van der Waals surface area contributed by atoms with Gasteiger partial charge < -0.3 is 0 Å². The standard InChI is InChI=1S/C18H18F3S/c1-9-6-11(3)16-14(7-9)15-8-10(2)12(4)13(5)17(15)22(16)18(19,20)21/h6-8H,1-5H3/q+1. The van der Waals surface area contributed by atoms with Crippen LogP contribution in [0.4, 0.5) is 13.2 Å². The number of halogens is 3. The maximum absolute atomic E-state index is 13.8. The number of fused-ring (bicyclic) bond motifs is 3. The summed E-state index contributed by atoms with van der Waals surface area (Å²) in [6, 6.07) is 5.67. The molecule has 1 unspecified atom stereocenters. The molecular weight excluding hydrogens is 305 g/mol.